The summed E-state index contributed by atoms with van der Waals surface area (Å²) in [4.78, 5) is 8.90. The summed E-state index contributed by atoms with van der Waals surface area (Å²) < 4.78 is 5.16. The van der Waals surface area contributed by atoms with E-state index in [0.29, 0.717) is 11.5 Å². The van der Waals surface area contributed by atoms with Gasteiger partial charge in [0, 0.05) is 11.1 Å². The number of nitrogen functional groups attached to an aromatic ring is 1. The van der Waals surface area contributed by atoms with E-state index in [1.807, 2.05) is 54.6 Å². The number of hydrogen-bond donors (Lipinski definition) is 1. The van der Waals surface area contributed by atoms with Gasteiger partial charge in [0.15, 0.2) is 0 Å². The summed E-state index contributed by atoms with van der Waals surface area (Å²) in [7, 11) is 1.64. The molecule has 0 aliphatic rings. The van der Waals surface area contributed by atoms with E-state index in [-0.39, 0.29) is 0 Å². The van der Waals surface area contributed by atoms with Crippen molar-refractivity contribution in [2.45, 2.75) is 0 Å². The molecule has 1 aromatic heterocycles. The zero-order valence-corrected chi connectivity index (χ0v) is 11.7. The topological polar surface area (TPSA) is 61.0 Å². The lowest BCUT2D eigenvalue weighted by molar-refractivity contribution is 0.415. The summed E-state index contributed by atoms with van der Waals surface area (Å²) in [6.45, 7) is 0. The van der Waals surface area contributed by atoms with Crippen molar-refractivity contribution in [2.75, 3.05) is 12.8 Å². The molecule has 104 valence electrons. The molecule has 2 N–H and O–H groups in total. The average molecular weight is 277 g/mol. The summed E-state index contributed by atoms with van der Waals surface area (Å²) in [5.41, 5.74) is 9.36. The van der Waals surface area contributed by atoms with E-state index in [1.165, 1.54) is 0 Å². The average Bonchev–Trinajstić information content (AvgIpc) is 2.56. The molecule has 0 bridgehead atoms. The lowest BCUT2D eigenvalue weighted by Crippen LogP contribution is -1.98. The van der Waals surface area contributed by atoms with Gasteiger partial charge in [-0.25, -0.2) is 9.97 Å². The van der Waals surface area contributed by atoms with Gasteiger partial charge < -0.3 is 10.5 Å². The monoisotopic (exact) mass is 277 g/mol. The Balaban J connectivity index is 2.04. The maximum absolute atomic E-state index is 5.95. The van der Waals surface area contributed by atoms with Crippen molar-refractivity contribution in [1.82, 2.24) is 9.97 Å². The molecule has 0 fully saturated rings. The molecule has 4 nitrogen and oxygen atoms in total. The van der Waals surface area contributed by atoms with Gasteiger partial charge in [0.2, 0.25) is 0 Å². The highest BCUT2D eigenvalue weighted by atomic mass is 16.5. The van der Waals surface area contributed by atoms with Gasteiger partial charge >= 0.3 is 0 Å². The Kier molecular flexibility index (Phi) is 3.51. The van der Waals surface area contributed by atoms with Crippen LogP contribution < -0.4 is 10.5 Å². The number of hydrogen-bond acceptors (Lipinski definition) is 4. The highest BCUT2D eigenvalue weighted by Gasteiger charge is 2.08. The van der Waals surface area contributed by atoms with Crippen LogP contribution in [0.4, 0.5) is 5.82 Å². The molecule has 0 unspecified atom stereocenters. The van der Waals surface area contributed by atoms with Crippen LogP contribution in [0.25, 0.3) is 22.5 Å². The fourth-order valence-corrected chi connectivity index (χ4v) is 2.11. The minimum absolute atomic E-state index is 0.429. The van der Waals surface area contributed by atoms with Crippen LogP contribution in [0.3, 0.4) is 0 Å². The number of rotatable bonds is 3. The van der Waals surface area contributed by atoms with Crippen molar-refractivity contribution < 1.29 is 4.74 Å². The summed E-state index contributed by atoms with van der Waals surface area (Å²) in [6, 6.07) is 17.5. The Labute approximate surface area is 123 Å². The van der Waals surface area contributed by atoms with E-state index >= 15 is 0 Å². The van der Waals surface area contributed by atoms with Gasteiger partial charge in [-0.15, -0.1) is 0 Å². The van der Waals surface area contributed by atoms with Gasteiger partial charge in [-0.3, -0.25) is 0 Å². The molecular formula is C17H15N3O. The minimum Gasteiger partial charge on any atom is -0.497 e. The summed E-state index contributed by atoms with van der Waals surface area (Å²) >= 11 is 0. The second-order valence-corrected chi connectivity index (χ2v) is 4.58. The van der Waals surface area contributed by atoms with Crippen molar-refractivity contribution in [2.24, 2.45) is 0 Å². The molecule has 0 atom stereocenters. The lowest BCUT2D eigenvalue weighted by Gasteiger charge is -2.08. The second-order valence-electron chi connectivity index (χ2n) is 4.58. The van der Waals surface area contributed by atoms with E-state index in [4.69, 9.17) is 10.5 Å². The molecule has 21 heavy (non-hydrogen) atoms. The first-order valence-corrected chi connectivity index (χ1v) is 6.60. The number of aromatic nitrogens is 2. The normalized spacial score (nSPS) is 10.3. The zero-order valence-electron chi connectivity index (χ0n) is 11.7. The largest absolute Gasteiger partial charge is 0.497 e. The predicted molar refractivity (Wildman–Crippen MR) is 83.9 cm³/mol. The SMILES string of the molecule is COc1ccc(-c2cnc(N)c(-c3ccccc3)n2)cc1. The Bertz CT molecular complexity index is 740. The van der Waals surface area contributed by atoms with Gasteiger partial charge in [0.1, 0.15) is 17.3 Å². The number of nitrogens with zero attached hydrogens (tertiary/aromatic N) is 2. The standard InChI is InChI=1S/C17H15N3O/c1-21-14-9-7-12(8-10-14)15-11-19-17(18)16(20-15)13-5-3-2-4-6-13/h2-11H,1H3,(H2,18,19). The molecular weight excluding hydrogens is 262 g/mol. The molecule has 2 aromatic carbocycles. The Hall–Kier alpha value is -2.88. The Morgan fingerprint density at radius 1 is 0.905 bits per heavy atom. The number of benzene rings is 2. The van der Waals surface area contributed by atoms with Gasteiger partial charge in [-0.1, -0.05) is 30.3 Å². The van der Waals surface area contributed by atoms with Gasteiger partial charge in [-0.05, 0) is 24.3 Å². The molecule has 3 rings (SSSR count). The van der Waals surface area contributed by atoms with Crippen molar-refractivity contribution >= 4 is 5.82 Å². The quantitative estimate of drug-likeness (QED) is 0.797. The van der Waals surface area contributed by atoms with Crippen LogP contribution in [0.5, 0.6) is 5.75 Å². The van der Waals surface area contributed by atoms with Crippen molar-refractivity contribution in [1.29, 1.82) is 0 Å². The number of ether oxygens (including phenoxy) is 1. The van der Waals surface area contributed by atoms with Crippen LogP contribution in [0.1, 0.15) is 0 Å². The number of anilines is 1. The fourth-order valence-electron chi connectivity index (χ4n) is 2.11. The van der Waals surface area contributed by atoms with Crippen LogP contribution in [0.15, 0.2) is 60.8 Å². The summed E-state index contributed by atoms with van der Waals surface area (Å²) in [5.74, 6) is 1.24. The molecule has 0 aliphatic carbocycles. The van der Waals surface area contributed by atoms with Crippen molar-refractivity contribution in [3.05, 3.63) is 60.8 Å². The molecule has 0 saturated heterocycles. The maximum Gasteiger partial charge on any atom is 0.150 e. The highest BCUT2D eigenvalue weighted by molar-refractivity contribution is 5.73. The third-order valence-electron chi connectivity index (χ3n) is 3.23. The number of nitrogens with two attached hydrogens (primary N) is 1. The molecule has 1 heterocycles. The molecule has 0 spiro atoms. The maximum atomic E-state index is 5.95. The van der Waals surface area contributed by atoms with E-state index in [9.17, 15) is 0 Å². The lowest BCUT2D eigenvalue weighted by atomic mass is 10.1. The van der Waals surface area contributed by atoms with Crippen molar-refractivity contribution in [3.8, 4) is 28.3 Å². The predicted octanol–water partition coefficient (Wildman–Crippen LogP) is 3.40. The third-order valence-corrected chi connectivity index (χ3v) is 3.23. The van der Waals surface area contributed by atoms with Crippen LogP contribution in [0, 0.1) is 0 Å². The van der Waals surface area contributed by atoms with Crippen LogP contribution in [-0.4, -0.2) is 17.1 Å². The van der Waals surface area contributed by atoms with Gasteiger partial charge in [0.25, 0.3) is 0 Å². The molecule has 4 heteroatoms. The van der Waals surface area contributed by atoms with Gasteiger partial charge in [-0.2, -0.15) is 0 Å². The second kappa shape index (κ2) is 5.63. The highest BCUT2D eigenvalue weighted by Crippen LogP contribution is 2.26. The van der Waals surface area contributed by atoms with E-state index in [0.717, 1.165) is 22.6 Å². The molecule has 0 amide bonds. The van der Waals surface area contributed by atoms with Crippen LogP contribution in [-0.2, 0) is 0 Å². The van der Waals surface area contributed by atoms with E-state index < -0.39 is 0 Å². The minimum atomic E-state index is 0.429. The Morgan fingerprint density at radius 2 is 1.62 bits per heavy atom. The first-order valence-electron chi connectivity index (χ1n) is 6.60. The van der Waals surface area contributed by atoms with Crippen molar-refractivity contribution in [3.63, 3.8) is 0 Å². The van der Waals surface area contributed by atoms with E-state index in [1.54, 1.807) is 13.3 Å². The Morgan fingerprint density at radius 3 is 2.29 bits per heavy atom. The zero-order chi connectivity index (χ0) is 14.7. The van der Waals surface area contributed by atoms with Crippen LogP contribution in [0.2, 0.25) is 0 Å². The summed E-state index contributed by atoms with van der Waals surface area (Å²) in [5, 5.41) is 0. The van der Waals surface area contributed by atoms with E-state index in [2.05, 4.69) is 9.97 Å². The van der Waals surface area contributed by atoms with Gasteiger partial charge in [0.05, 0.1) is 19.0 Å². The molecule has 0 saturated carbocycles. The summed E-state index contributed by atoms with van der Waals surface area (Å²) in [6.07, 6.45) is 1.68. The third kappa shape index (κ3) is 2.69. The first kappa shape index (κ1) is 13.1. The van der Waals surface area contributed by atoms with Crippen LogP contribution >= 0.6 is 0 Å². The molecule has 0 aliphatic heterocycles. The number of methoxy groups -OCH3 is 1. The smallest absolute Gasteiger partial charge is 0.150 e. The molecule has 0 radical (unpaired) electrons. The first-order chi connectivity index (χ1) is 10.3. The fraction of sp³-hybridized carbons (Fsp3) is 0.0588. The molecule has 3 aromatic rings.